The van der Waals surface area contributed by atoms with Crippen LogP contribution in [-0.2, 0) is 0 Å². The number of rotatable bonds is 3. The van der Waals surface area contributed by atoms with E-state index in [1.165, 1.54) is 0 Å². The molecule has 7 heavy (non-hydrogen) atoms. The van der Waals surface area contributed by atoms with Crippen molar-refractivity contribution >= 4 is 11.8 Å². The monoisotopic (exact) mass is 114 g/mol. The number of nitriles is 1. The Morgan fingerprint density at radius 1 is 1.71 bits per heavy atom. The lowest BCUT2D eigenvalue weighted by Crippen LogP contribution is -1.74. The molecule has 0 spiro atoms. The van der Waals surface area contributed by atoms with E-state index < -0.39 is 0 Å². The Morgan fingerprint density at radius 2 is 2.43 bits per heavy atom. The molecule has 0 aromatic carbocycles. The molecule has 0 unspecified atom stereocenters. The molecule has 0 rings (SSSR count). The van der Waals surface area contributed by atoms with Gasteiger partial charge in [0.2, 0.25) is 0 Å². The Labute approximate surface area is 48.7 Å². The first-order chi connectivity index (χ1) is 3.41. The molecule has 0 aromatic heterocycles. The third-order valence-electron chi connectivity index (χ3n) is 0.503. The first kappa shape index (κ1) is 6.84. The van der Waals surface area contributed by atoms with Crippen LogP contribution in [0.25, 0.3) is 0 Å². The van der Waals surface area contributed by atoms with Crippen LogP contribution in [0.1, 0.15) is 6.42 Å². The highest BCUT2D eigenvalue weighted by Gasteiger charge is 1.79. The van der Waals surface area contributed by atoms with Gasteiger partial charge in [-0.2, -0.15) is 17.0 Å². The van der Waals surface area contributed by atoms with Crippen molar-refractivity contribution in [3.05, 3.63) is 6.92 Å². The number of nitrogens with zero attached hydrogens (tertiary/aromatic N) is 1. The summed E-state index contributed by atoms with van der Waals surface area (Å²) in [5.74, 6) is 1.81. The molecule has 39 valence electrons. The van der Waals surface area contributed by atoms with Crippen molar-refractivity contribution in [2.75, 3.05) is 11.5 Å². The summed E-state index contributed by atoms with van der Waals surface area (Å²) in [6.45, 7) is 3.61. The number of hydrogen-bond donors (Lipinski definition) is 0. The van der Waals surface area contributed by atoms with Gasteiger partial charge in [0.15, 0.2) is 0 Å². The van der Waals surface area contributed by atoms with E-state index >= 15 is 0 Å². The summed E-state index contributed by atoms with van der Waals surface area (Å²) in [7, 11) is 0. The van der Waals surface area contributed by atoms with Crippen LogP contribution in [0.5, 0.6) is 0 Å². The van der Waals surface area contributed by atoms with E-state index in [0.29, 0.717) is 6.42 Å². The summed E-state index contributed by atoms with van der Waals surface area (Å²) in [5.41, 5.74) is 0. The zero-order chi connectivity index (χ0) is 5.54. The average Bonchev–Trinajstić information content (AvgIpc) is 1.69. The molecule has 0 aliphatic rings. The van der Waals surface area contributed by atoms with Gasteiger partial charge in [-0.15, -0.1) is 0 Å². The topological polar surface area (TPSA) is 23.8 Å². The Kier molecular flexibility index (Phi) is 5.71. The fraction of sp³-hybridized carbons (Fsp3) is 0.600. The largest absolute Gasteiger partial charge is 0.198 e. The van der Waals surface area contributed by atoms with Crippen molar-refractivity contribution in [2.45, 2.75) is 6.42 Å². The van der Waals surface area contributed by atoms with Gasteiger partial charge in [0.1, 0.15) is 0 Å². The Balaban J connectivity index is 2.60. The zero-order valence-corrected chi connectivity index (χ0v) is 5.00. The maximum absolute atomic E-state index is 8.01. The maximum atomic E-state index is 8.01. The first-order valence-corrected chi connectivity index (χ1v) is 3.31. The smallest absolute Gasteiger partial charge is 0.0630 e. The highest BCUT2D eigenvalue weighted by Crippen LogP contribution is 1.98. The molecule has 1 nitrogen and oxygen atoms in total. The Bertz CT molecular complexity index is 65.0. The van der Waals surface area contributed by atoms with Crippen molar-refractivity contribution in [2.24, 2.45) is 0 Å². The van der Waals surface area contributed by atoms with Crippen molar-refractivity contribution in [3.8, 4) is 6.07 Å². The molecule has 0 amide bonds. The van der Waals surface area contributed by atoms with Gasteiger partial charge < -0.3 is 0 Å². The average molecular weight is 114 g/mol. The lowest BCUT2D eigenvalue weighted by atomic mass is 10.6. The lowest BCUT2D eigenvalue weighted by Gasteiger charge is -1.85. The van der Waals surface area contributed by atoms with E-state index in [-0.39, 0.29) is 0 Å². The van der Waals surface area contributed by atoms with Crippen LogP contribution in [0.2, 0.25) is 0 Å². The molecule has 0 saturated heterocycles. The van der Waals surface area contributed by atoms with E-state index in [2.05, 4.69) is 13.0 Å². The van der Waals surface area contributed by atoms with Crippen molar-refractivity contribution in [1.82, 2.24) is 0 Å². The fourth-order valence-corrected chi connectivity index (χ4v) is 0.660. The standard InChI is InChI=1S/C5H8NS/c1-2-7-5-3-4-6/h1-3,5H2. The third-order valence-corrected chi connectivity index (χ3v) is 1.28. The molecule has 0 saturated carbocycles. The van der Waals surface area contributed by atoms with E-state index in [9.17, 15) is 0 Å². The van der Waals surface area contributed by atoms with Crippen molar-refractivity contribution in [3.63, 3.8) is 0 Å². The van der Waals surface area contributed by atoms with E-state index in [0.717, 1.165) is 11.5 Å². The minimum absolute atomic E-state index is 0.653. The normalized spacial score (nSPS) is 8.00. The maximum Gasteiger partial charge on any atom is 0.0630 e. The van der Waals surface area contributed by atoms with Gasteiger partial charge in [0.25, 0.3) is 0 Å². The minimum atomic E-state index is 0.653. The van der Waals surface area contributed by atoms with Gasteiger partial charge in [0.05, 0.1) is 6.07 Å². The van der Waals surface area contributed by atoms with Crippen LogP contribution in [0, 0.1) is 18.3 Å². The van der Waals surface area contributed by atoms with Crippen LogP contribution >= 0.6 is 11.8 Å². The summed E-state index contributed by atoms with van der Waals surface area (Å²) in [5, 5.41) is 8.01. The van der Waals surface area contributed by atoms with Crippen LogP contribution in [-0.4, -0.2) is 11.5 Å². The second-order valence-corrected chi connectivity index (χ2v) is 2.25. The summed E-state index contributed by atoms with van der Waals surface area (Å²) >= 11 is 1.70. The van der Waals surface area contributed by atoms with Gasteiger partial charge in [-0.3, -0.25) is 0 Å². The molecule has 0 atom stereocenters. The summed E-state index contributed by atoms with van der Waals surface area (Å²) in [6.07, 6.45) is 0.653. The molecule has 0 bridgehead atoms. The Hall–Kier alpha value is -0.160. The van der Waals surface area contributed by atoms with E-state index in [1.807, 2.05) is 0 Å². The van der Waals surface area contributed by atoms with Gasteiger partial charge in [0, 0.05) is 12.2 Å². The van der Waals surface area contributed by atoms with Crippen LogP contribution in [0.4, 0.5) is 0 Å². The van der Waals surface area contributed by atoms with Gasteiger partial charge in [-0.05, 0) is 12.7 Å². The fourth-order valence-electron chi connectivity index (χ4n) is 0.220. The lowest BCUT2D eigenvalue weighted by molar-refractivity contribution is 1.24. The van der Waals surface area contributed by atoms with Crippen molar-refractivity contribution < 1.29 is 0 Å². The molecular weight excluding hydrogens is 106 g/mol. The molecule has 0 fully saturated rings. The highest BCUT2D eigenvalue weighted by molar-refractivity contribution is 7.99. The molecule has 0 heterocycles. The molecular formula is C5H8NS. The predicted octanol–water partition coefficient (Wildman–Crippen LogP) is 1.47. The van der Waals surface area contributed by atoms with Crippen LogP contribution in [0.3, 0.4) is 0 Å². The second kappa shape index (κ2) is 5.84. The SMILES string of the molecule is [CH2]CSCCC#N. The molecule has 0 aromatic rings. The summed E-state index contributed by atoms with van der Waals surface area (Å²) in [4.78, 5) is 0. The summed E-state index contributed by atoms with van der Waals surface area (Å²) < 4.78 is 0. The molecule has 0 aliphatic carbocycles. The third kappa shape index (κ3) is 5.84. The first-order valence-electron chi connectivity index (χ1n) is 2.15. The number of thioether (sulfide) groups is 1. The zero-order valence-electron chi connectivity index (χ0n) is 4.18. The van der Waals surface area contributed by atoms with Gasteiger partial charge in [-0.1, -0.05) is 0 Å². The summed E-state index contributed by atoms with van der Waals surface area (Å²) in [6, 6.07) is 2.05. The Morgan fingerprint density at radius 3 is 2.86 bits per heavy atom. The van der Waals surface area contributed by atoms with Gasteiger partial charge in [-0.25, -0.2) is 0 Å². The quantitative estimate of drug-likeness (QED) is 0.519. The predicted molar refractivity (Wildman–Crippen MR) is 32.9 cm³/mol. The number of hydrogen-bond acceptors (Lipinski definition) is 2. The molecule has 1 radical (unpaired) electrons. The second-order valence-electron chi connectivity index (χ2n) is 1.02. The van der Waals surface area contributed by atoms with E-state index in [1.54, 1.807) is 11.8 Å². The molecule has 2 heteroatoms. The molecule has 0 N–H and O–H groups in total. The van der Waals surface area contributed by atoms with Crippen molar-refractivity contribution in [1.29, 1.82) is 5.26 Å². The van der Waals surface area contributed by atoms with Gasteiger partial charge >= 0.3 is 0 Å². The van der Waals surface area contributed by atoms with Crippen LogP contribution in [0.15, 0.2) is 0 Å². The molecule has 0 aliphatic heterocycles. The van der Waals surface area contributed by atoms with Crippen LogP contribution < -0.4 is 0 Å². The van der Waals surface area contributed by atoms with E-state index in [4.69, 9.17) is 5.26 Å². The highest BCUT2D eigenvalue weighted by atomic mass is 32.2. The minimum Gasteiger partial charge on any atom is -0.198 e.